The highest BCUT2D eigenvalue weighted by Gasteiger charge is 2.21. The Morgan fingerprint density at radius 3 is 1.77 bits per heavy atom. The van der Waals surface area contributed by atoms with Gasteiger partial charge in [-0.25, -0.2) is 0 Å². The largest absolute Gasteiger partial charge is 0.0917 e. The second-order valence-corrected chi connectivity index (χ2v) is 9.32. The molecule has 0 amide bonds. The summed E-state index contributed by atoms with van der Waals surface area (Å²) in [6.07, 6.45) is 32.9. The number of allylic oxidation sites excluding steroid dienone is 4. The van der Waals surface area contributed by atoms with Gasteiger partial charge in [0.05, 0.1) is 0 Å². The molecule has 0 spiro atoms. The fourth-order valence-corrected chi connectivity index (χ4v) is 5.28. The van der Waals surface area contributed by atoms with Gasteiger partial charge in [0.1, 0.15) is 0 Å². The minimum atomic E-state index is 0.891. The third kappa shape index (κ3) is 8.92. The van der Waals surface area contributed by atoms with Crippen LogP contribution in [0.1, 0.15) is 117 Å². The zero-order valence-electron chi connectivity index (χ0n) is 17.9. The van der Waals surface area contributed by atoms with Gasteiger partial charge in [0.25, 0.3) is 0 Å². The third-order valence-corrected chi connectivity index (χ3v) is 7.20. The van der Waals surface area contributed by atoms with Gasteiger partial charge in [-0.1, -0.05) is 82.6 Å². The Balaban J connectivity index is 1.50. The molecule has 0 aromatic heterocycles. The highest BCUT2D eigenvalue weighted by molar-refractivity contribution is 4.92. The standard InChI is InChI=1S/C26H46/c1-3-5-7-11-23-15-19-25(20-16-23)13-9-10-14-26-21-17-24(18-22-26)12-8-6-4-2/h3,5,9,13,23-26H,4,6-8,10-12,14-22H2,1-2H3/b5-3+,13-9?. The van der Waals surface area contributed by atoms with Gasteiger partial charge in [0, 0.05) is 0 Å². The quantitative estimate of drug-likeness (QED) is 0.255. The first kappa shape index (κ1) is 21.8. The second kappa shape index (κ2) is 13.6. The van der Waals surface area contributed by atoms with Gasteiger partial charge < -0.3 is 0 Å². The molecular formula is C26H46. The van der Waals surface area contributed by atoms with E-state index < -0.39 is 0 Å². The third-order valence-electron chi connectivity index (χ3n) is 7.20. The summed E-state index contributed by atoms with van der Waals surface area (Å²) in [7, 11) is 0. The van der Waals surface area contributed by atoms with Crippen molar-refractivity contribution in [1.82, 2.24) is 0 Å². The van der Waals surface area contributed by atoms with Crippen LogP contribution < -0.4 is 0 Å². The van der Waals surface area contributed by atoms with Crippen molar-refractivity contribution in [2.24, 2.45) is 23.7 Å². The molecule has 0 bridgehead atoms. The first-order chi connectivity index (χ1) is 12.8. The van der Waals surface area contributed by atoms with Crippen LogP contribution in [-0.4, -0.2) is 0 Å². The SMILES string of the molecule is C/C=C/CCC1CCC(C=CCCC2CCC(CCCCC)CC2)CC1. The van der Waals surface area contributed by atoms with Crippen LogP contribution in [0.3, 0.4) is 0 Å². The minimum absolute atomic E-state index is 0.891. The summed E-state index contributed by atoms with van der Waals surface area (Å²) in [5, 5.41) is 0. The van der Waals surface area contributed by atoms with Gasteiger partial charge in [-0.3, -0.25) is 0 Å². The molecule has 2 rings (SSSR count). The fraction of sp³-hybridized carbons (Fsp3) is 0.846. The van der Waals surface area contributed by atoms with Crippen molar-refractivity contribution in [1.29, 1.82) is 0 Å². The molecule has 0 nitrogen and oxygen atoms in total. The van der Waals surface area contributed by atoms with Crippen molar-refractivity contribution >= 4 is 0 Å². The molecule has 0 N–H and O–H groups in total. The van der Waals surface area contributed by atoms with E-state index in [2.05, 4.69) is 38.2 Å². The van der Waals surface area contributed by atoms with Gasteiger partial charge in [-0.15, -0.1) is 0 Å². The maximum Gasteiger partial charge on any atom is -0.0233 e. The number of unbranched alkanes of at least 4 members (excludes halogenated alkanes) is 2. The summed E-state index contributed by atoms with van der Waals surface area (Å²) in [5.41, 5.74) is 0. The molecule has 0 unspecified atom stereocenters. The highest BCUT2D eigenvalue weighted by Crippen LogP contribution is 2.35. The number of hydrogen-bond acceptors (Lipinski definition) is 0. The fourth-order valence-electron chi connectivity index (χ4n) is 5.28. The smallest absolute Gasteiger partial charge is 0.0233 e. The van der Waals surface area contributed by atoms with Gasteiger partial charge in [0.2, 0.25) is 0 Å². The molecule has 2 aliphatic carbocycles. The van der Waals surface area contributed by atoms with Crippen LogP contribution in [0.25, 0.3) is 0 Å². The lowest BCUT2D eigenvalue weighted by atomic mass is 9.78. The van der Waals surface area contributed by atoms with E-state index >= 15 is 0 Å². The lowest BCUT2D eigenvalue weighted by Gasteiger charge is -2.28. The Kier molecular flexibility index (Phi) is 11.4. The van der Waals surface area contributed by atoms with E-state index in [0.29, 0.717) is 0 Å². The Morgan fingerprint density at radius 1 is 0.654 bits per heavy atom. The Hall–Kier alpha value is -0.520. The highest BCUT2D eigenvalue weighted by atomic mass is 14.3. The van der Waals surface area contributed by atoms with E-state index in [1.807, 2.05) is 0 Å². The summed E-state index contributed by atoms with van der Waals surface area (Å²) in [4.78, 5) is 0. The van der Waals surface area contributed by atoms with Crippen molar-refractivity contribution < 1.29 is 0 Å². The molecular weight excluding hydrogens is 312 g/mol. The molecule has 26 heavy (non-hydrogen) atoms. The van der Waals surface area contributed by atoms with Crippen molar-refractivity contribution in [3.63, 3.8) is 0 Å². The van der Waals surface area contributed by atoms with Crippen LogP contribution >= 0.6 is 0 Å². The predicted octanol–water partition coefficient (Wildman–Crippen LogP) is 8.87. The van der Waals surface area contributed by atoms with Crippen LogP contribution in [0, 0.1) is 23.7 Å². The molecule has 0 saturated heterocycles. The van der Waals surface area contributed by atoms with Gasteiger partial charge in [-0.2, -0.15) is 0 Å². The molecule has 0 atom stereocenters. The van der Waals surface area contributed by atoms with E-state index in [-0.39, 0.29) is 0 Å². The first-order valence-corrected chi connectivity index (χ1v) is 12.1. The average molecular weight is 359 g/mol. The molecule has 0 aliphatic heterocycles. The zero-order valence-corrected chi connectivity index (χ0v) is 17.9. The molecule has 0 aromatic rings. The monoisotopic (exact) mass is 358 g/mol. The molecule has 2 saturated carbocycles. The van der Waals surface area contributed by atoms with E-state index in [1.165, 1.54) is 103 Å². The lowest BCUT2D eigenvalue weighted by Crippen LogP contribution is -2.14. The number of hydrogen-bond donors (Lipinski definition) is 0. The normalized spacial score (nSPS) is 30.4. The van der Waals surface area contributed by atoms with Crippen LogP contribution in [0.2, 0.25) is 0 Å². The van der Waals surface area contributed by atoms with E-state index in [0.717, 1.165) is 23.7 Å². The van der Waals surface area contributed by atoms with Crippen LogP contribution in [-0.2, 0) is 0 Å². The molecule has 2 aliphatic rings. The van der Waals surface area contributed by atoms with Crippen molar-refractivity contribution in [3.05, 3.63) is 24.3 Å². The average Bonchev–Trinajstić information content (AvgIpc) is 2.68. The lowest BCUT2D eigenvalue weighted by molar-refractivity contribution is 0.249. The predicted molar refractivity (Wildman–Crippen MR) is 117 cm³/mol. The zero-order chi connectivity index (χ0) is 18.5. The number of rotatable bonds is 11. The Morgan fingerprint density at radius 2 is 1.19 bits per heavy atom. The molecule has 0 aromatic carbocycles. The maximum atomic E-state index is 2.58. The molecule has 2 fully saturated rings. The van der Waals surface area contributed by atoms with E-state index in [9.17, 15) is 0 Å². The van der Waals surface area contributed by atoms with Gasteiger partial charge in [0.15, 0.2) is 0 Å². The summed E-state index contributed by atoms with van der Waals surface area (Å²) in [6, 6.07) is 0. The Labute approximate surface area is 164 Å². The van der Waals surface area contributed by atoms with Crippen molar-refractivity contribution in [2.75, 3.05) is 0 Å². The summed E-state index contributed by atoms with van der Waals surface area (Å²) in [6.45, 7) is 4.46. The topological polar surface area (TPSA) is 0 Å². The summed E-state index contributed by atoms with van der Waals surface area (Å²) < 4.78 is 0. The van der Waals surface area contributed by atoms with Gasteiger partial charge in [-0.05, 0) is 82.0 Å². The van der Waals surface area contributed by atoms with E-state index in [4.69, 9.17) is 0 Å². The minimum Gasteiger partial charge on any atom is -0.0917 e. The van der Waals surface area contributed by atoms with Crippen molar-refractivity contribution in [2.45, 2.75) is 117 Å². The first-order valence-electron chi connectivity index (χ1n) is 12.1. The summed E-state index contributed by atoms with van der Waals surface area (Å²) >= 11 is 0. The van der Waals surface area contributed by atoms with Crippen LogP contribution in [0.15, 0.2) is 24.3 Å². The Bertz CT molecular complexity index is 375. The molecule has 0 heterocycles. The summed E-state index contributed by atoms with van der Waals surface area (Å²) in [5.74, 6) is 3.99. The van der Waals surface area contributed by atoms with Crippen molar-refractivity contribution in [3.8, 4) is 0 Å². The van der Waals surface area contributed by atoms with E-state index in [1.54, 1.807) is 0 Å². The van der Waals surface area contributed by atoms with Crippen LogP contribution in [0.4, 0.5) is 0 Å². The molecule has 0 radical (unpaired) electrons. The van der Waals surface area contributed by atoms with Crippen LogP contribution in [0.5, 0.6) is 0 Å². The second-order valence-electron chi connectivity index (χ2n) is 9.32. The maximum absolute atomic E-state index is 2.58. The molecule has 150 valence electrons. The van der Waals surface area contributed by atoms with Gasteiger partial charge >= 0.3 is 0 Å². The molecule has 0 heteroatoms.